The molecule has 12 heavy (non-hydrogen) atoms. The molecule has 0 aliphatic carbocycles. The van der Waals surface area contributed by atoms with Crippen molar-refractivity contribution in [3.63, 3.8) is 0 Å². The third-order valence-electron chi connectivity index (χ3n) is 1.08. The van der Waals surface area contributed by atoms with Crippen molar-refractivity contribution in [2.24, 2.45) is 11.0 Å². The molecule has 0 bridgehead atoms. The normalized spacial score (nSPS) is 7.17. The third kappa shape index (κ3) is 4.96. The van der Waals surface area contributed by atoms with Crippen LogP contribution in [0.2, 0.25) is 0 Å². The molecule has 0 fully saturated rings. The first-order chi connectivity index (χ1) is 5.30. The van der Waals surface area contributed by atoms with Gasteiger partial charge in [-0.3, -0.25) is 5.41 Å². The molecule has 0 heterocycles. The van der Waals surface area contributed by atoms with Gasteiger partial charge in [0.25, 0.3) is 0 Å². The van der Waals surface area contributed by atoms with Crippen LogP contribution in [-0.4, -0.2) is 5.84 Å². The molecule has 0 radical (unpaired) electrons. The van der Waals surface area contributed by atoms with E-state index in [1.807, 2.05) is 30.3 Å². The minimum atomic E-state index is 0. The van der Waals surface area contributed by atoms with E-state index in [1.54, 1.807) is 0 Å². The van der Waals surface area contributed by atoms with Crippen LogP contribution >= 0.6 is 24.2 Å². The first-order valence-electron chi connectivity index (χ1n) is 2.92. The lowest BCUT2D eigenvalue weighted by Gasteiger charge is -1.93. The van der Waals surface area contributed by atoms with E-state index >= 15 is 0 Å². The number of hydrogen-bond donors (Lipinski definition) is 3. The summed E-state index contributed by atoms with van der Waals surface area (Å²) in [5.41, 5.74) is 5.97. The van der Waals surface area contributed by atoms with E-state index in [9.17, 15) is 0 Å². The van der Waals surface area contributed by atoms with Gasteiger partial charge in [0.2, 0.25) is 0 Å². The van der Waals surface area contributed by atoms with E-state index in [1.165, 1.54) is 0 Å². The van der Waals surface area contributed by atoms with Crippen LogP contribution in [0.3, 0.4) is 0 Å². The van der Waals surface area contributed by atoms with E-state index in [-0.39, 0.29) is 18.2 Å². The van der Waals surface area contributed by atoms with Gasteiger partial charge in [0.05, 0.1) is 0 Å². The van der Waals surface area contributed by atoms with Gasteiger partial charge in [-0.25, -0.2) is 5.25 Å². The lowest BCUT2D eigenvalue weighted by Crippen LogP contribution is -2.10. The summed E-state index contributed by atoms with van der Waals surface area (Å²) in [6, 6.07) is 9.23. The maximum Gasteiger partial charge on any atom is 0.122 e. The summed E-state index contributed by atoms with van der Waals surface area (Å²) in [4.78, 5) is 0. The summed E-state index contributed by atoms with van der Waals surface area (Å²) >= 11 is 4.14. The van der Waals surface area contributed by atoms with Crippen molar-refractivity contribution in [2.45, 2.75) is 0 Å². The number of nitrogen functional groups attached to an aromatic ring is 1. The van der Waals surface area contributed by atoms with Crippen LogP contribution in [0, 0.1) is 5.41 Å². The van der Waals surface area contributed by atoms with Gasteiger partial charge in [-0.15, -0.1) is 12.4 Å². The Morgan fingerprint density at radius 3 is 1.83 bits per heavy atom. The molecule has 68 valence electrons. The Morgan fingerprint density at radius 2 is 1.58 bits per heavy atom. The Balaban J connectivity index is 0. The van der Waals surface area contributed by atoms with Crippen LogP contribution < -0.4 is 11.0 Å². The van der Waals surface area contributed by atoms with Gasteiger partial charge in [0.1, 0.15) is 5.84 Å². The second-order valence-electron chi connectivity index (χ2n) is 1.78. The molecule has 0 atom stereocenters. The molecule has 5 N–H and O–H groups in total. The molecule has 0 aliphatic rings. The lowest BCUT2D eigenvalue weighted by molar-refractivity contribution is 1.42. The number of halogens is 2. The highest BCUT2D eigenvalue weighted by Crippen LogP contribution is 1.94. The Hall–Kier alpha value is -0.770. The SMILES string of the molecule is Cl.N=C(N)c1ccccc1.NCl. The van der Waals surface area contributed by atoms with E-state index < -0.39 is 0 Å². The van der Waals surface area contributed by atoms with Crippen molar-refractivity contribution in [1.82, 2.24) is 0 Å². The number of rotatable bonds is 1. The minimum Gasteiger partial charge on any atom is -0.384 e. The summed E-state index contributed by atoms with van der Waals surface area (Å²) in [5, 5.41) is 11.0. The van der Waals surface area contributed by atoms with Gasteiger partial charge >= 0.3 is 0 Å². The molecule has 0 unspecified atom stereocenters. The van der Waals surface area contributed by atoms with Gasteiger partial charge in [-0.2, -0.15) is 0 Å². The van der Waals surface area contributed by atoms with E-state index in [2.05, 4.69) is 17.0 Å². The predicted octanol–water partition coefficient (Wildman–Crippen LogP) is 1.49. The van der Waals surface area contributed by atoms with Crippen LogP contribution in [0.1, 0.15) is 5.56 Å². The second kappa shape index (κ2) is 8.33. The lowest BCUT2D eigenvalue weighted by atomic mass is 10.2. The van der Waals surface area contributed by atoms with Gasteiger partial charge in [0.15, 0.2) is 0 Å². The Labute approximate surface area is 82.7 Å². The molecule has 0 saturated carbocycles. The van der Waals surface area contributed by atoms with E-state index in [4.69, 9.17) is 11.1 Å². The number of benzene rings is 1. The number of hydrogen-bond acceptors (Lipinski definition) is 2. The summed E-state index contributed by atoms with van der Waals surface area (Å²) in [5.74, 6) is 0.121. The molecule has 5 heteroatoms. The summed E-state index contributed by atoms with van der Waals surface area (Å²) in [6.07, 6.45) is 0. The highest BCUT2D eigenvalue weighted by molar-refractivity contribution is 6.11. The average molecular weight is 208 g/mol. The minimum absolute atomic E-state index is 0. The van der Waals surface area contributed by atoms with Crippen molar-refractivity contribution < 1.29 is 0 Å². The van der Waals surface area contributed by atoms with E-state index in [0.29, 0.717) is 0 Å². The summed E-state index contributed by atoms with van der Waals surface area (Å²) < 4.78 is 0. The van der Waals surface area contributed by atoms with Crippen LogP contribution in [-0.2, 0) is 0 Å². The highest BCUT2D eigenvalue weighted by Gasteiger charge is 1.89. The fourth-order valence-corrected chi connectivity index (χ4v) is 0.618. The molecule has 3 nitrogen and oxygen atoms in total. The quantitative estimate of drug-likeness (QED) is 0.371. The molecular weight excluding hydrogens is 197 g/mol. The molecule has 1 rings (SSSR count). The zero-order valence-electron chi connectivity index (χ0n) is 6.33. The molecular formula is C7H11Cl2N3. The maximum absolute atomic E-state index is 7.01. The number of nitrogens with two attached hydrogens (primary N) is 2. The fourth-order valence-electron chi connectivity index (χ4n) is 0.618. The molecule has 0 aliphatic heterocycles. The zero-order valence-corrected chi connectivity index (χ0v) is 7.90. The molecule has 0 saturated heterocycles. The van der Waals surface area contributed by atoms with Crippen LogP contribution in [0.15, 0.2) is 30.3 Å². The van der Waals surface area contributed by atoms with Crippen molar-refractivity contribution in [2.75, 3.05) is 0 Å². The first-order valence-corrected chi connectivity index (χ1v) is 3.35. The van der Waals surface area contributed by atoms with Crippen LogP contribution in [0.4, 0.5) is 0 Å². The molecule has 1 aromatic carbocycles. The molecule has 0 spiro atoms. The Morgan fingerprint density at radius 1 is 1.17 bits per heavy atom. The summed E-state index contributed by atoms with van der Waals surface area (Å²) in [7, 11) is 0. The van der Waals surface area contributed by atoms with Crippen molar-refractivity contribution in [3.8, 4) is 0 Å². The topological polar surface area (TPSA) is 75.9 Å². The second-order valence-corrected chi connectivity index (χ2v) is 1.78. The van der Waals surface area contributed by atoms with Crippen molar-refractivity contribution >= 4 is 30.0 Å². The number of amidine groups is 1. The fraction of sp³-hybridized carbons (Fsp3) is 0. The van der Waals surface area contributed by atoms with Crippen LogP contribution in [0.25, 0.3) is 0 Å². The monoisotopic (exact) mass is 207 g/mol. The smallest absolute Gasteiger partial charge is 0.122 e. The summed E-state index contributed by atoms with van der Waals surface area (Å²) in [6.45, 7) is 0. The maximum atomic E-state index is 7.01. The van der Waals surface area contributed by atoms with E-state index in [0.717, 1.165) is 5.56 Å². The molecule has 1 aromatic rings. The predicted molar refractivity (Wildman–Crippen MR) is 54.7 cm³/mol. The highest BCUT2D eigenvalue weighted by atomic mass is 35.5. The Kier molecular flexibility index (Phi) is 9.57. The largest absolute Gasteiger partial charge is 0.384 e. The van der Waals surface area contributed by atoms with Gasteiger partial charge < -0.3 is 5.73 Å². The standard InChI is InChI=1S/C7H8N2.ClH2N.ClH/c8-7(9)6-4-2-1-3-5-6;1-2;/h1-5H,(H3,8,9);2H2;1H. The molecule has 0 amide bonds. The molecule has 0 aromatic heterocycles. The van der Waals surface area contributed by atoms with Gasteiger partial charge in [-0.05, 0) is 11.8 Å². The van der Waals surface area contributed by atoms with Gasteiger partial charge in [-0.1, -0.05) is 30.3 Å². The first kappa shape index (κ1) is 13.8. The van der Waals surface area contributed by atoms with Crippen molar-refractivity contribution in [3.05, 3.63) is 35.9 Å². The zero-order chi connectivity index (χ0) is 8.69. The average Bonchev–Trinajstić information content (AvgIpc) is 2.10. The van der Waals surface area contributed by atoms with Crippen molar-refractivity contribution in [1.29, 1.82) is 5.41 Å². The van der Waals surface area contributed by atoms with Crippen LogP contribution in [0.5, 0.6) is 0 Å². The number of nitrogens with one attached hydrogen (secondary N) is 1. The third-order valence-corrected chi connectivity index (χ3v) is 1.08. The Bertz CT molecular complexity index is 213. The van der Waals surface area contributed by atoms with Gasteiger partial charge in [0, 0.05) is 5.56 Å².